The Morgan fingerprint density at radius 1 is 1.16 bits per heavy atom. The lowest BCUT2D eigenvalue weighted by atomic mass is 10.1. The number of nitrogens with one attached hydrogen (secondary N) is 1. The fraction of sp³-hybridized carbons (Fsp3) is 0.278. The van der Waals surface area contributed by atoms with Crippen LogP contribution in [0.2, 0.25) is 0 Å². The summed E-state index contributed by atoms with van der Waals surface area (Å²) < 4.78 is 45.7. The van der Waals surface area contributed by atoms with E-state index in [1.807, 2.05) is 12.1 Å². The molecule has 134 valence electrons. The van der Waals surface area contributed by atoms with E-state index in [2.05, 4.69) is 16.4 Å². The van der Waals surface area contributed by atoms with Crippen LogP contribution in [0.3, 0.4) is 0 Å². The van der Waals surface area contributed by atoms with Gasteiger partial charge in [-0.05, 0) is 48.7 Å². The highest BCUT2D eigenvalue weighted by molar-refractivity contribution is 7.92. The van der Waals surface area contributed by atoms with Crippen LogP contribution in [0.15, 0.2) is 47.4 Å². The van der Waals surface area contributed by atoms with E-state index in [4.69, 9.17) is 0 Å². The maximum atomic E-state index is 14.0. The molecule has 7 heteroatoms. The van der Waals surface area contributed by atoms with E-state index in [-0.39, 0.29) is 5.56 Å². The molecule has 0 atom stereocenters. The van der Waals surface area contributed by atoms with Gasteiger partial charge in [0.25, 0.3) is 10.0 Å². The van der Waals surface area contributed by atoms with E-state index < -0.39 is 26.7 Å². The summed E-state index contributed by atoms with van der Waals surface area (Å²) >= 11 is 0. The number of aryl methyl sites for hydroxylation is 1. The molecule has 0 saturated carbocycles. The summed E-state index contributed by atoms with van der Waals surface area (Å²) in [5.41, 5.74) is 1.38. The van der Waals surface area contributed by atoms with E-state index in [0.717, 1.165) is 44.1 Å². The summed E-state index contributed by atoms with van der Waals surface area (Å²) in [7, 11) is -3.01. The van der Waals surface area contributed by atoms with Crippen molar-refractivity contribution in [1.29, 1.82) is 0 Å². The van der Waals surface area contributed by atoms with E-state index in [1.54, 1.807) is 12.1 Å². The molecule has 1 N–H and O–H groups in total. The van der Waals surface area contributed by atoms with Gasteiger partial charge in [0.15, 0.2) is 0 Å². The SMILES string of the molecule is CCCCc1ccc(NS(=O)(=O)c2cc(C(=O)OC)ccc2F)cc1. The Hall–Kier alpha value is -2.41. The van der Waals surface area contributed by atoms with Gasteiger partial charge in [0.2, 0.25) is 0 Å². The molecule has 0 radical (unpaired) electrons. The highest BCUT2D eigenvalue weighted by Gasteiger charge is 2.21. The second kappa shape index (κ2) is 8.11. The first-order valence-electron chi connectivity index (χ1n) is 7.87. The lowest BCUT2D eigenvalue weighted by molar-refractivity contribution is 0.0600. The van der Waals surface area contributed by atoms with Gasteiger partial charge in [-0.25, -0.2) is 17.6 Å². The summed E-state index contributed by atoms with van der Waals surface area (Å²) in [5, 5.41) is 0. The standard InChI is InChI=1S/C18H20FNO4S/c1-3-4-5-13-6-9-15(10-7-13)20-25(22,23)17-12-14(18(21)24-2)8-11-16(17)19/h6-12,20H,3-5H2,1-2H3. The van der Waals surface area contributed by atoms with Crippen molar-refractivity contribution in [3.63, 3.8) is 0 Å². The van der Waals surface area contributed by atoms with Crippen LogP contribution in [0, 0.1) is 5.82 Å². The number of sulfonamides is 1. The van der Waals surface area contributed by atoms with Gasteiger partial charge in [0.1, 0.15) is 10.7 Å². The number of hydrogen-bond donors (Lipinski definition) is 1. The zero-order chi connectivity index (χ0) is 18.4. The number of halogens is 1. The van der Waals surface area contributed by atoms with Gasteiger partial charge in [-0.15, -0.1) is 0 Å². The number of ether oxygens (including phenoxy) is 1. The molecule has 0 fully saturated rings. The Morgan fingerprint density at radius 2 is 1.84 bits per heavy atom. The molecule has 0 aliphatic carbocycles. The summed E-state index contributed by atoms with van der Waals surface area (Å²) in [6.07, 6.45) is 3.04. The van der Waals surface area contributed by atoms with Crippen LogP contribution in [0.4, 0.5) is 10.1 Å². The van der Waals surface area contributed by atoms with Crippen molar-refractivity contribution in [3.05, 3.63) is 59.4 Å². The summed E-state index contributed by atoms with van der Waals surface area (Å²) in [6.45, 7) is 2.10. The molecule has 0 spiro atoms. The molecule has 0 heterocycles. The van der Waals surface area contributed by atoms with Crippen molar-refractivity contribution in [3.8, 4) is 0 Å². The van der Waals surface area contributed by atoms with Crippen LogP contribution in [0.25, 0.3) is 0 Å². The average molecular weight is 365 g/mol. The Kier molecular flexibility index (Phi) is 6.14. The Morgan fingerprint density at radius 3 is 2.44 bits per heavy atom. The lowest BCUT2D eigenvalue weighted by Crippen LogP contribution is -2.16. The molecule has 2 aromatic rings. The summed E-state index contributed by atoms with van der Waals surface area (Å²) in [5.74, 6) is -1.68. The van der Waals surface area contributed by atoms with Crippen molar-refractivity contribution in [2.75, 3.05) is 11.8 Å². The number of methoxy groups -OCH3 is 1. The third kappa shape index (κ3) is 4.79. The Labute approximate surface area is 146 Å². The topological polar surface area (TPSA) is 72.5 Å². The first-order valence-corrected chi connectivity index (χ1v) is 9.35. The first kappa shape index (κ1) is 18.9. The fourth-order valence-corrected chi connectivity index (χ4v) is 3.45. The smallest absolute Gasteiger partial charge is 0.337 e. The molecule has 0 unspecified atom stereocenters. The van der Waals surface area contributed by atoms with Crippen molar-refractivity contribution in [2.45, 2.75) is 31.1 Å². The predicted molar refractivity (Wildman–Crippen MR) is 93.6 cm³/mol. The normalized spacial score (nSPS) is 11.2. The number of carbonyl (C=O) groups excluding carboxylic acids is 1. The third-order valence-corrected chi connectivity index (χ3v) is 5.06. The van der Waals surface area contributed by atoms with Crippen molar-refractivity contribution < 1.29 is 22.3 Å². The number of unbranched alkanes of at least 4 members (excludes halogenated alkanes) is 1. The molecule has 5 nitrogen and oxygen atoms in total. The van der Waals surface area contributed by atoms with Crippen molar-refractivity contribution >= 4 is 21.7 Å². The number of esters is 1. The predicted octanol–water partition coefficient (Wildman–Crippen LogP) is 3.76. The van der Waals surface area contributed by atoms with E-state index in [9.17, 15) is 17.6 Å². The molecule has 0 aliphatic rings. The third-order valence-electron chi connectivity index (χ3n) is 3.67. The molecule has 0 aliphatic heterocycles. The van der Waals surface area contributed by atoms with Gasteiger partial charge in [0, 0.05) is 5.69 Å². The number of carbonyl (C=O) groups is 1. The Bertz CT molecular complexity index is 848. The van der Waals surface area contributed by atoms with Crippen LogP contribution in [-0.4, -0.2) is 21.5 Å². The van der Waals surface area contributed by atoms with E-state index in [1.165, 1.54) is 6.07 Å². The van der Waals surface area contributed by atoms with Gasteiger partial charge in [-0.2, -0.15) is 0 Å². The number of benzene rings is 2. The molecule has 0 bridgehead atoms. The zero-order valence-electron chi connectivity index (χ0n) is 14.1. The maximum absolute atomic E-state index is 14.0. The largest absolute Gasteiger partial charge is 0.465 e. The van der Waals surface area contributed by atoms with Crippen LogP contribution >= 0.6 is 0 Å². The van der Waals surface area contributed by atoms with Gasteiger partial charge >= 0.3 is 5.97 Å². The quantitative estimate of drug-likeness (QED) is 0.759. The number of rotatable bonds is 7. The highest BCUT2D eigenvalue weighted by Crippen LogP contribution is 2.21. The van der Waals surface area contributed by atoms with Crippen molar-refractivity contribution in [2.24, 2.45) is 0 Å². The minimum Gasteiger partial charge on any atom is -0.465 e. The monoisotopic (exact) mass is 365 g/mol. The van der Waals surface area contributed by atoms with Crippen LogP contribution in [0.1, 0.15) is 35.7 Å². The number of hydrogen-bond acceptors (Lipinski definition) is 4. The maximum Gasteiger partial charge on any atom is 0.337 e. The number of anilines is 1. The molecule has 2 rings (SSSR count). The van der Waals surface area contributed by atoms with Crippen molar-refractivity contribution in [1.82, 2.24) is 0 Å². The molecule has 2 aromatic carbocycles. The van der Waals surface area contributed by atoms with Gasteiger partial charge in [-0.1, -0.05) is 25.5 Å². The van der Waals surface area contributed by atoms with Crippen LogP contribution in [-0.2, 0) is 21.2 Å². The Balaban J connectivity index is 2.25. The summed E-state index contributed by atoms with van der Waals surface area (Å²) in [4.78, 5) is 10.9. The lowest BCUT2D eigenvalue weighted by Gasteiger charge is -2.10. The van der Waals surface area contributed by atoms with E-state index in [0.29, 0.717) is 5.69 Å². The average Bonchev–Trinajstić information content (AvgIpc) is 2.60. The zero-order valence-corrected chi connectivity index (χ0v) is 14.9. The second-order valence-electron chi connectivity index (χ2n) is 5.54. The highest BCUT2D eigenvalue weighted by atomic mass is 32.2. The van der Waals surface area contributed by atoms with Gasteiger partial charge < -0.3 is 4.74 Å². The van der Waals surface area contributed by atoms with Gasteiger partial charge in [-0.3, -0.25) is 4.72 Å². The molecule has 25 heavy (non-hydrogen) atoms. The molecular weight excluding hydrogens is 345 g/mol. The minimum absolute atomic E-state index is 0.0424. The summed E-state index contributed by atoms with van der Waals surface area (Å²) in [6, 6.07) is 9.97. The van der Waals surface area contributed by atoms with Gasteiger partial charge in [0.05, 0.1) is 12.7 Å². The van der Waals surface area contributed by atoms with Crippen LogP contribution < -0.4 is 4.72 Å². The fourth-order valence-electron chi connectivity index (χ4n) is 2.28. The molecule has 0 amide bonds. The second-order valence-corrected chi connectivity index (χ2v) is 7.19. The molecule has 0 aromatic heterocycles. The van der Waals surface area contributed by atoms with Crippen LogP contribution in [0.5, 0.6) is 0 Å². The van der Waals surface area contributed by atoms with E-state index >= 15 is 0 Å². The molecular formula is C18H20FNO4S. The first-order chi connectivity index (χ1) is 11.9. The minimum atomic E-state index is -4.17. The molecule has 0 saturated heterocycles.